The average molecular weight is 524 g/mol. The van der Waals surface area contributed by atoms with E-state index in [0.29, 0.717) is 31.7 Å². The van der Waals surface area contributed by atoms with Gasteiger partial charge in [-0.3, -0.25) is 14.5 Å². The third kappa shape index (κ3) is 4.52. The summed E-state index contributed by atoms with van der Waals surface area (Å²) in [7, 11) is 0. The fourth-order valence-corrected chi connectivity index (χ4v) is 6.94. The van der Waals surface area contributed by atoms with E-state index in [1.807, 2.05) is 57.5 Å². The maximum absolute atomic E-state index is 13.8. The molecule has 2 amide bonds. The lowest BCUT2D eigenvalue weighted by Crippen LogP contribution is -2.56. The minimum absolute atomic E-state index is 0.0385. The highest BCUT2D eigenvalue weighted by Crippen LogP contribution is 2.40. The van der Waals surface area contributed by atoms with Crippen LogP contribution in [0, 0.1) is 6.92 Å². The van der Waals surface area contributed by atoms with Gasteiger partial charge in [0.05, 0.1) is 12.1 Å². The molecule has 0 spiro atoms. The second-order valence-corrected chi connectivity index (χ2v) is 11.4. The molecule has 1 saturated heterocycles. The number of hydrogen-bond acceptors (Lipinski definition) is 4. The van der Waals surface area contributed by atoms with Crippen molar-refractivity contribution < 1.29 is 9.59 Å². The lowest BCUT2D eigenvalue weighted by atomic mass is 9.89. The maximum atomic E-state index is 13.8. The van der Waals surface area contributed by atoms with Gasteiger partial charge in [-0.2, -0.15) is 0 Å². The first-order valence-electron chi connectivity index (χ1n) is 13.5. The topological polar surface area (TPSA) is 43.9 Å². The predicted molar refractivity (Wildman–Crippen MR) is 154 cm³/mol. The molecule has 0 aliphatic carbocycles. The Hall–Kier alpha value is -3.48. The molecule has 0 radical (unpaired) electrons. The highest BCUT2D eigenvalue weighted by Gasteiger charge is 2.38. The number of amides is 2. The lowest BCUT2D eigenvalue weighted by Gasteiger charge is -2.43. The van der Waals surface area contributed by atoms with Gasteiger partial charge in [-0.05, 0) is 71.3 Å². The molecule has 0 unspecified atom stereocenters. The summed E-state index contributed by atoms with van der Waals surface area (Å²) in [6.07, 6.45) is 0.973. The third-order valence-corrected chi connectivity index (χ3v) is 9.21. The van der Waals surface area contributed by atoms with Crippen LogP contribution < -0.4 is 0 Å². The van der Waals surface area contributed by atoms with Gasteiger partial charge >= 0.3 is 0 Å². The van der Waals surface area contributed by atoms with Crippen LogP contribution in [0.3, 0.4) is 0 Å². The Bertz CT molecular complexity index is 1490. The van der Waals surface area contributed by atoms with Crippen LogP contribution in [0.5, 0.6) is 0 Å². The lowest BCUT2D eigenvalue weighted by molar-refractivity contribution is -0.138. The molecule has 0 bridgehead atoms. The highest BCUT2D eigenvalue weighted by atomic mass is 32.1. The number of rotatable bonds is 4. The Morgan fingerprint density at radius 3 is 2.32 bits per heavy atom. The number of carbonyl (C=O) groups is 2. The Balaban J connectivity index is 1.16. The van der Waals surface area contributed by atoms with Gasteiger partial charge in [-0.25, -0.2) is 0 Å². The second kappa shape index (κ2) is 10.4. The van der Waals surface area contributed by atoms with Crippen molar-refractivity contribution in [3.63, 3.8) is 0 Å². The summed E-state index contributed by atoms with van der Waals surface area (Å²) in [5.74, 6) is 0.191. The molecule has 3 aromatic carbocycles. The Morgan fingerprint density at radius 1 is 0.816 bits per heavy atom. The molecule has 0 N–H and O–H groups in total. The highest BCUT2D eigenvalue weighted by molar-refractivity contribution is 7.10. The third-order valence-electron chi connectivity index (χ3n) is 8.22. The Morgan fingerprint density at radius 2 is 1.53 bits per heavy atom. The van der Waals surface area contributed by atoms with Gasteiger partial charge < -0.3 is 9.80 Å². The standard InChI is InChI=1S/C32H33N3O2S/c1-22-7-3-6-10-27(22)30-28-14-20-38-29(28)13-15-35(30)23(2)31(36)33-16-18-34(19-17-33)32(37)26-12-11-24-8-4-5-9-25(24)21-26/h3-12,14,20-21,23,30H,13,15-19H2,1-2H3/t23-,30-/m0/s1. The van der Waals surface area contributed by atoms with Crippen molar-refractivity contribution in [3.05, 3.63) is 105 Å². The first-order valence-corrected chi connectivity index (χ1v) is 14.3. The second-order valence-electron chi connectivity index (χ2n) is 10.4. The molecule has 1 fully saturated rings. The molecular weight excluding hydrogens is 490 g/mol. The molecule has 4 aromatic rings. The van der Waals surface area contributed by atoms with E-state index in [1.54, 1.807) is 0 Å². The van der Waals surface area contributed by atoms with Crippen LogP contribution in [-0.2, 0) is 11.2 Å². The number of thiophene rings is 1. The molecule has 2 atom stereocenters. The molecular formula is C32H33N3O2S. The first kappa shape index (κ1) is 24.8. The monoisotopic (exact) mass is 523 g/mol. The van der Waals surface area contributed by atoms with Crippen LogP contribution in [0.25, 0.3) is 10.8 Å². The van der Waals surface area contributed by atoms with E-state index in [4.69, 9.17) is 0 Å². The summed E-state index contributed by atoms with van der Waals surface area (Å²) in [5.41, 5.74) is 4.57. The molecule has 6 rings (SSSR count). The smallest absolute Gasteiger partial charge is 0.253 e. The van der Waals surface area contributed by atoms with Gasteiger partial charge in [-0.1, -0.05) is 54.6 Å². The normalized spacial score (nSPS) is 18.8. The molecule has 5 nitrogen and oxygen atoms in total. The van der Waals surface area contributed by atoms with Gasteiger partial charge in [0.15, 0.2) is 0 Å². The minimum Gasteiger partial charge on any atom is -0.338 e. The number of hydrogen-bond donors (Lipinski definition) is 0. The number of carbonyl (C=O) groups excluding carboxylic acids is 2. The van der Waals surface area contributed by atoms with E-state index >= 15 is 0 Å². The van der Waals surface area contributed by atoms with E-state index in [-0.39, 0.29) is 23.9 Å². The van der Waals surface area contributed by atoms with Gasteiger partial charge in [0.1, 0.15) is 0 Å². The zero-order valence-electron chi connectivity index (χ0n) is 22.0. The largest absolute Gasteiger partial charge is 0.338 e. The number of nitrogens with zero attached hydrogens (tertiary/aromatic N) is 3. The van der Waals surface area contributed by atoms with Crippen molar-refractivity contribution in [1.29, 1.82) is 0 Å². The van der Waals surface area contributed by atoms with Crippen LogP contribution in [0.4, 0.5) is 0 Å². The van der Waals surface area contributed by atoms with E-state index in [0.717, 1.165) is 23.7 Å². The molecule has 3 heterocycles. The number of fused-ring (bicyclic) bond motifs is 2. The van der Waals surface area contributed by atoms with Crippen LogP contribution in [0.15, 0.2) is 78.2 Å². The van der Waals surface area contributed by atoms with Crippen molar-refractivity contribution >= 4 is 33.9 Å². The van der Waals surface area contributed by atoms with Crippen molar-refractivity contribution in [3.8, 4) is 0 Å². The molecule has 194 valence electrons. The number of aryl methyl sites for hydroxylation is 1. The van der Waals surface area contributed by atoms with Crippen LogP contribution in [0.2, 0.25) is 0 Å². The van der Waals surface area contributed by atoms with Gasteiger partial charge in [0.2, 0.25) is 5.91 Å². The van der Waals surface area contributed by atoms with Crippen LogP contribution in [0.1, 0.15) is 44.9 Å². The summed E-state index contributed by atoms with van der Waals surface area (Å²) in [6.45, 7) is 7.31. The Kier molecular flexibility index (Phi) is 6.76. The minimum atomic E-state index is -0.240. The van der Waals surface area contributed by atoms with E-state index in [1.165, 1.54) is 21.6 Å². The number of piperazine rings is 1. The van der Waals surface area contributed by atoms with Crippen molar-refractivity contribution in [2.75, 3.05) is 32.7 Å². The van der Waals surface area contributed by atoms with E-state index in [9.17, 15) is 9.59 Å². The van der Waals surface area contributed by atoms with E-state index in [2.05, 4.69) is 60.5 Å². The van der Waals surface area contributed by atoms with Crippen molar-refractivity contribution in [2.24, 2.45) is 0 Å². The molecule has 0 saturated carbocycles. The first-order chi connectivity index (χ1) is 18.5. The summed E-state index contributed by atoms with van der Waals surface area (Å²) in [6, 6.07) is 24.6. The van der Waals surface area contributed by atoms with Gasteiger partial charge in [-0.15, -0.1) is 11.3 Å². The maximum Gasteiger partial charge on any atom is 0.253 e. The van der Waals surface area contributed by atoms with Crippen molar-refractivity contribution in [1.82, 2.24) is 14.7 Å². The summed E-state index contributed by atoms with van der Waals surface area (Å²) in [4.78, 5) is 34.7. The summed E-state index contributed by atoms with van der Waals surface area (Å²) < 4.78 is 0. The zero-order valence-corrected chi connectivity index (χ0v) is 22.8. The van der Waals surface area contributed by atoms with E-state index < -0.39 is 0 Å². The van der Waals surface area contributed by atoms with Gasteiger partial charge in [0.25, 0.3) is 5.91 Å². The zero-order chi connectivity index (χ0) is 26.2. The van der Waals surface area contributed by atoms with Gasteiger partial charge in [0, 0.05) is 43.2 Å². The summed E-state index contributed by atoms with van der Waals surface area (Å²) in [5, 5.41) is 4.38. The SMILES string of the molecule is Cc1ccccc1[C@H]1c2ccsc2CCN1[C@@H](C)C(=O)N1CCN(C(=O)c2ccc3ccccc3c2)CC1. The number of benzene rings is 3. The molecule has 2 aliphatic heterocycles. The fourth-order valence-electron chi connectivity index (χ4n) is 6.03. The molecule has 38 heavy (non-hydrogen) atoms. The van der Waals surface area contributed by atoms with Crippen molar-refractivity contribution in [2.45, 2.75) is 32.4 Å². The molecule has 6 heteroatoms. The quantitative estimate of drug-likeness (QED) is 0.353. The molecule has 1 aromatic heterocycles. The predicted octanol–water partition coefficient (Wildman–Crippen LogP) is 5.53. The fraction of sp³-hybridized carbons (Fsp3) is 0.312. The molecule has 2 aliphatic rings. The van der Waals surface area contributed by atoms with Crippen LogP contribution >= 0.6 is 11.3 Å². The Labute approximate surface area is 228 Å². The van der Waals surface area contributed by atoms with Crippen LogP contribution in [-0.4, -0.2) is 65.3 Å². The summed E-state index contributed by atoms with van der Waals surface area (Å²) >= 11 is 1.82. The average Bonchev–Trinajstić information content (AvgIpc) is 3.45.